The molecule has 0 bridgehead atoms. The fourth-order valence-corrected chi connectivity index (χ4v) is 16.7. The van der Waals surface area contributed by atoms with Gasteiger partial charge in [0.25, 0.3) is 0 Å². The molecule has 8 aromatic carbocycles. The van der Waals surface area contributed by atoms with Crippen LogP contribution >= 0.6 is 0 Å². The van der Waals surface area contributed by atoms with E-state index in [1.54, 1.807) is 22.2 Å². The molecule has 85 heavy (non-hydrogen) atoms. The molecule has 2 heterocycles. The molecule has 0 aromatic heterocycles. The molecule has 436 valence electrons. The number of nitrogens with zero attached hydrogens (tertiary/aromatic N) is 1. The molecule has 0 spiro atoms. The molecule has 0 amide bonds. The van der Waals surface area contributed by atoms with Crippen molar-refractivity contribution in [2.45, 2.75) is 220 Å². The van der Waals surface area contributed by atoms with Crippen molar-refractivity contribution in [1.29, 1.82) is 0 Å². The molecule has 0 radical (unpaired) electrons. The van der Waals surface area contributed by atoms with Gasteiger partial charge in [-0.2, -0.15) is 0 Å². The molecule has 0 N–H and O–H groups in total. The van der Waals surface area contributed by atoms with Crippen molar-refractivity contribution >= 4 is 40.2 Å². The molecule has 1 nitrogen and oxygen atoms in total. The molecule has 13 rings (SSSR count). The lowest BCUT2D eigenvalue weighted by molar-refractivity contribution is 0.0602. The summed E-state index contributed by atoms with van der Waals surface area (Å²) >= 11 is 0. The number of benzene rings is 8. The summed E-state index contributed by atoms with van der Waals surface area (Å²) in [4.78, 5) is 2.81. The van der Waals surface area contributed by atoms with Gasteiger partial charge in [0.2, 0.25) is 6.71 Å². The minimum Gasteiger partial charge on any atom is -0.311 e. The van der Waals surface area contributed by atoms with Gasteiger partial charge < -0.3 is 4.90 Å². The van der Waals surface area contributed by atoms with Crippen LogP contribution in [0.2, 0.25) is 0 Å². The highest BCUT2D eigenvalue weighted by Gasteiger charge is 2.58. The zero-order valence-electron chi connectivity index (χ0n) is 55.4. The fraction of sp³-hybridized carbons (Fsp3) is 0.422. The Balaban J connectivity index is 1.19. The molecule has 4 unspecified atom stereocenters. The van der Waals surface area contributed by atoms with Gasteiger partial charge in [-0.15, -0.1) is 0 Å². The molecule has 0 saturated heterocycles. The molecular weight excluding hydrogens is 1020 g/mol. The van der Waals surface area contributed by atoms with E-state index in [1.807, 2.05) is 0 Å². The van der Waals surface area contributed by atoms with Gasteiger partial charge in [0.1, 0.15) is 0 Å². The Morgan fingerprint density at radius 2 is 1.04 bits per heavy atom. The van der Waals surface area contributed by atoms with Gasteiger partial charge in [-0.05, 0) is 188 Å². The Bertz CT molecular complexity index is 3960. The topological polar surface area (TPSA) is 3.24 Å². The normalized spacial score (nSPS) is 20.7. The molecule has 1 fully saturated rings. The zero-order chi connectivity index (χ0) is 60.5. The van der Waals surface area contributed by atoms with Crippen molar-refractivity contribution in [3.05, 3.63) is 224 Å². The van der Waals surface area contributed by atoms with E-state index in [2.05, 4.69) is 288 Å². The van der Waals surface area contributed by atoms with Crippen LogP contribution in [0.25, 0.3) is 22.3 Å². The second kappa shape index (κ2) is 19.3. The van der Waals surface area contributed by atoms with Crippen LogP contribution in [-0.2, 0) is 44.3 Å². The summed E-state index contributed by atoms with van der Waals surface area (Å²) in [6, 6.07) is 62.1. The summed E-state index contributed by atoms with van der Waals surface area (Å²) in [6.07, 6.45) is 7.15. The van der Waals surface area contributed by atoms with Crippen molar-refractivity contribution in [3.8, 4) is 22.3 Å². The lowest BCUT2D eigenvalue weighted by atomic mass is 9.28. The number of hydrogen-bond acceptors (Lipinski definition) is 1. The maximum absolute atomic E-state index is 2.81. The summed E-state index contributed by atoms with van der Waals surface area (Å²) in [5.74, 6) is 0.341. The minimum atomic E-state index is -0.204. The third kappa shape index (κ3) is 9.20. The van der Waals surface area contributed by atoms with Gasteiger partial charge in [0, 0.05) is 34.2 Å². The predicted molar refractivity (Wildman–Crippen MR) is 368 cm³/mol. The van der Waals surface area contributed by atoms with E-state index >= 15 is 0 Å². The summed E-state index contributed by atoms with van der Waals surface area (Å²) in [5, 5.41) is 0. The highest BCUT2D eigenvalue weighted by Crippen LogP contribution is 2.64. The molecule has 8 aromatic rings. The summed E-state index contributed by atoms with van der Waals surface area (Å²) in [5.41, 5.74) is 32.8. The van der Waals surface area contributed by atoms with E-state index in [0.717, 1.165) is 12.8 Å². The van der Waals surface area contributed by atoms with Gasteiger partial charge in [0.15, 0.2) is 0 Å². The Kier molecular flexibility index (Phi) is 13.1. The van der Waals surface area contributed by atoms with Gasteiger partial charge in [-0.3, -0.25) is 0 Å². The van der Waals surface area contributed by atoms with Crippen LogP contribution < -0.4 is 21.3 Å². The third-order valence-electron chi connectivity index (χ3n) is 22.4. The zero-order valence-corrected chi connectivity index (χ0v) is 55.4. The van der Waals surface area contributed by atoms with Gasteiger partial charge >= 0.3 is 0 Å². The predicted octanol–water partition coefficient (Wildman–Crippen LogP) is 20.5. The van der Waals surface area contributed by atoms with E-state index in [0.29, 0.717) is 0 Å². The smallest absolute Gasteiger partial charge is 0.248 e. The summed E-state index contributed by atoms with van der Waals surface area (Å²) < 4.78 is 0. The maximum Gasteiger partial charge on any atom is 0.248 e. The van der Waals surface area contributed by atoms with E-state index in [9.17, 15) is 0 Å². The van der Waals surface area contributed by atoms with Crippen LogP contribution in [0.15, 0.2) is 152 Å². The average Bonchev–Trinajstić information content (AvgIpc) is 1.53. The average molecular weight is 1120 g/mol. The van der Waals surface area contributed by atoms with Crippen LogP contribution in [0.1, 0.15) is 248 Å². The van der Waals surface area contributed by atoms with Crippen molar-refractivity contribution < 1.29 is 0 Å². The lowest BCUT2D eigenvalue weighted by Gasteiger charge is -2.59. The largest absolute Gasteiger partial charge is 0.311 e. The van der Waals surface area contributed by atoms with Crippen LogP contribution in [0.5, 0.6) is 0 Å². The van der Waals surface area contributed by atoms with E-state index < -0.39 is 0 Å². The van der Waals surface area contributed by atoms with Crippen LogP contribution in [0, 0.1) is 5.41 Å². The van der Waals surface area contributed by atoms with E-state index in [1.165, 1.54) is 132 Å². The first-order chi connectivity index (χ1) is 39.8. The van der Waals surface area contributed by atoms with Crippen molar-refractivity contribution in [2.75, 3.05) is 4.90 Å². The molecule has 4 atom stereocenters. The molecule has 1 saturated carbocycles. The Morgan fingerprint density at radius 3 is 1.67 bits per heavy atom. The second-order valence-corrected chi connectivity index (χ2v) is 33.4. The molecule has 5 aliphatic rings. The minimum absolute atomic E-state index is 0.0108. The first kappa shape index (κ1) is 57.7. The van der Waals surface area contributed by atoms with E-state index in [4.69, 9.17) is 0 Å². The quantitative estimate of drug-likeness (QED) is 0.150. The van der Waals surface area contributed by atoms with Crippen molar-refractivity contribution in [2.24, 2.45) is 5.41 Å². The SMILES string of the molecule is CC(C)(C)c1ccc(CC(c2ccc(C(C)(C)C)cc2)c2cc3c4c(c2)N(c2ccc(C(C)(C)C)cc2-c2ccccc2)c2ccc5c(c2B4c2cc(C(C)(C)C)cc4c2C3CC2(C)CCCCC42C)-c2ccc(C(C)(C)C)cc2C5(C)C)cc1. The first-order valence-electron chi connectivity index (χ1n) is 32.7. The third-order valence-corrected chi connectivity index (χ3v) is 22.4. The van der Waals surface area contributed by atoms with Gasteiger partial charge in [-0.1, -0.05) is 277 Å². The summed E-state index contributed by atoms with van der Waals surface area (Å²) in [7, 11) is 0. The Labute approximate surface area is 513 Å². The second-order valence-electron chi connectivity index (χ2n) is 33.4. The van der Waals surface area contributed by atoms with Crippen molar-refractivity contribution in [3.63, 3.8) is 0 Å². The van der Waals surface area contributed by atoms with Gasteiger partial charge in [0.05, 0.1) is 5.69 Å². The molecule has 3 aliphatic carbocycles. The van der Waals surface area contributed by atoms with Crippen molar-refractivity contribution in [1.82, 2.24) is 0 Å². The highest BCUT2D eigenvalue weighted by atomic mass is 15.2. The maximum atomic E-state index is 2.81. The standard InChI is InChI=1S/C83H96BN/c1-76(2,3)55-31-27-51(28-32-55)43-61(53-29-33-56(34-30-53)77(4,5)6)54-44-63-64-50-82(18)41-23-24-42-83(82,19)67-48-59(80(13,14)15)49-68(72(64)67)84-74(63)71(45-54)85(69-39-36-57(78(7,8)9)46-62(69)52-25-21-20-22-26-52)70-40-38-65-73(75(70)84)60-37-35-58(79(10,11)12)47-66(60)81(65,16)17/h20-22,25-40,44-49,61,64H,23-24,41-43,50H2,1-19H3. The van der Waals surface area contributed by atoms with Crippen LogP contribution in [0.3, 0.4) is 0 Å². The fourth-order valence-electron chi connectivity index (χ4n) is 16.7. The number of hydrogen-bond donors (Lipinski definition) is 0. The first-order valence-corrected chi connectivity index (χ1v) is 32.7. The monoisotopic (exact) mass is 1120 g/mol. The van der Waals surface area contributed by atoms with Gasteiger partial charge in [-0.25, -0.2) is 0 Å². The van der Waals surface area contributed by atoms with E-state index in [-0.39, 0.29) is 61.9 Å². The van der Waals surface area contributed by atoms with Crippen LogP contribution in [-0.4, -0.2) is 6.71 Å². The molecule has 2 heteroatoms. The highest BCUT2D eigenvalue weighted by molar-refractivity contribution is 7.00. The Hall–Kier alpha value is -6.38. The molecule has 2 aliphatic heterocycles. The molecular formula is C83H96BN. The summed E-state index contributed by atoms with van der Waals surface area (Å²) in [6.45, 7) is 46.1. The number of fused-ring (bicyclic) bond motifs is 10. The lowest BCUT2D eigenvalue weighted by Crippen LogP contribution is -2.65. The van der Waals surface area contributed by atoms with Crippen LogP contribution in [0.4, 0.5) is 17.1 Å². The number of rotatable bonds is 6. The number of anilines is 3. The Morgan fingerprint density at radius 1 is 0.471 bits per heavy atom.